The van der Waals surface area contributed by atoms with Gasteiger partial charge in [0.15, 0.2) is 0 Å². The Bertz CT molecular complexity index is 852. The first-order valence-electron chi connectivity index (χ1n) is 9.53. The molecule has 0 unspecified atom stereocenters. The van der Waals surface area contributed by atoms with Gasteiger partial charge in [0.1, 0.15) is 12.4 Å². The van der Waals surface area contributed by atoms with Gasteiger partial charge in [0, 0.05) is 37.5 Å². The molecular formula is C20H26N6O3. The Morgan fingerprint density at radius 3 is 2.93 bits per heavy atom. The minimum Gasteiger partial charge on any atom is -0.462 e. The molecule has 0 aliphatic carbocycles. The average molecular weight is 398 g/mol. The minimum absolute atomic E-state index is 0.321. The minimum atomic E-state index is -0.454. The molecule has 1 fully saturated rings. The van der Waals surface area contributed by atoms with Crippen molar-refractivity contribution in [3.05, 3.63) is 47.2 Å². The lowest BCUT2D eigenvalue weighted by molar-refractivity contribution is 0.1000. The highest BCUT2D eigenvalue weighted by molar-refractivity contribution is 5.92. The van der Waals surface area contributed by atoms with E-state index in [1.807, 2.05) is 19.2 Å². The molecule has 1 amide bonds. The Hall–Kier alpha value is -3.04. The van der Waals surface area contributed by atoms with Gasteiger partial charge >= 0.3 is 6.01 Å². The van der Waals surface area contributed by atoms with Crippen LogP contribution in [0.15, 0.2) is 35.3 Å². The highest BCUT2D eigenvalue weighted by atomic mass is 16.5. The van der Waals surface area contributed by atoms with E-state index in [9.17, 15) is 4.79 Å². The fourth-order valence-electron chi connectivity index (χ4n) is 2.83. The fourth-order valence-corrected chi connectivity index (χ4v) is 2.83. The van der Waals surface area contributed by atoms with Crippen LogP contribution in [0.3, 0.4) is 0 Å². The number of aliphatic imine (C=N–C) groups is 1. The van der Waals surface area contributed by atoms with Gasteiger partial charge in [-0.25, -0.2) is 0 Å². The number of hydrogen-bond donors (Lipinski definition) is 2. The summed E-state index contributed by atoms with van der Waals surface area (Å²) < 4.78 is 11.1. The zero-order valence-electron chi connectivity index (χ0n) is 16.5. The molecule has 2 heterocycles. The summed E-state index contributed by atoms with van der Waals surface area (Å²) in [4.78, 5) is 26.9. The van der Waals surface area contributed by atoms with Gasteiger partial charge in [-0.3, -0.25) is 9.79 Å². The van der Waals surface area contributed by atoms with Crippen LogP contribution in [-0.4, -0.2) is 68.6 Å². The molecule has 0 atom stereocenters. The van der Waals surface area contributed by atoms with Crippen LogP contribution in [0.25, 0.3) is 0 Å². The number of nitrogens with zero attached hydrogens (tertiary/aromatic N) is 4. The molecule has 1 saturated heterocycles. The lowest BCUT2D eigenvalue weighted by atomic mass is 10.1. The van der Waals surface area contributed by atoms with E-state index in [1.165, 1.54) is 0 Å². The monoisotopic (exact) mass is 398 g/mol. The maximum absolute atomic E-state index is 11.3. The number of carbonyl (C=O) groups excluding carboxylic acids is 1. The van der Waals surface area contributed by atoms with Gasteiger partial charge in [0.25, 0.3) is 0 Å². The number of rotatable bonds is 9. The Kier molecular flexibility index (Phi) is 7.48. The molecule has 154 valence electrons. The summed E-state index contributed by atoms with van der Waals surface area (Å²) in [5, 5.41) is 3.03. The maximum Gasteiger partial charge on any atom is 0.319 e. The summed E-state index contributed by atoms with van der Waals surface area (Å²) in [7, 11) is 1.86. The third kappa shape index (κ3) is 6.23. The molecule has 0 saturated carbocycles. The smallest absolute Gasteiger partial charge is 0.319 e. The number of hydrogen-bond acceptors (Lipinski definition) is 8. The SMILES string of the molecule is CNCCOc1nc(C=NCc2cccc(C(N)=O)c2)cc(N2CCOCC2)n1. The highest BCUT2D eigenvalue weighted by Gasteiger charge is 2.15. The van der Waals surface area contributed by atoms with Gasteiger partial charge in [-0.05, 0) is 24.7 Å². The van der Waals surface area contributed by atoms with Crippen molar-refractivity contribution in [2.45, 2.75) is 6.54 Å². The van der Waals surface area contributed by atoms with Crippen molar-refractivity contribution in [1.29, 1.82) is 0 Å². The number of ether oxygens (including phenoxy) is 2. The lowest BCUT2D eigenvalue weighted by Crippen LogP contribution is -2.37. The summed E-state index contributed by atoms with van der Waals surface area (Å²) in [6.45, 7) is 4.45. The first-order valence-corrected chi connectivity index (χ1v) is 9.53. The number of morpholine rings is 1. The van der Waals surface area contributed by atoms with Crippen molar-refractivity contribution in [2.75, 3.05) is 51.4 Å². The molecule has 0 spiro atoms. The number of nitrogens with one attached hydrogen (secondary N) is 1. The molecule has 9 heteroatoms. The van der Waals surface area contributed by atoms with Crippen LogP contribution < -0.4 is 20.7 Å². The number of nitrogens with two attached hydrogens (primary N) is 1. The predicted octanol–water partition coefficient (Wildman–Crippen LogP) is 0.629. The van der Waals surface area contributed by atoms with Crippen molar-refractivity contribution < 1.29 is 14.3 Å². The summed E-state index contributed by atoms with van der Waals surface area (Å²) >= 11 is 0. The summed E-state index contributed by atoms with van der Waals surface area (Å²) in [6, 6.07) is 9.32. The molecule has 29 heavy (non-hydrogen) atoms. The highest BCUT2D eigenvalue weighted by Crippen LogP contribution is 2.17. The number of amides is 1. The zero-order chi connectivity index (χ0) is 20.5. The summed E-state index contributed by atoms with van der Waals surface area (Å²) in [5.41, 5.74) is 7.35. The van der Waals surface area contributed by atoms with E-state index in [4.69, 9.17) is 15.2 Å². The van der Waals surface area contributed by atoms with Crippen LogP contribution in [0.5, 0.6) is 6.01 Å². The van der Waals surface area contributed by atoms with Crippen molar-refractivity contribution in [3.63, 3.8) is 0 Å². The first-order chi connectivity index (χ1) is 14.2. The lowest BCUT2D eigenvalue weighted by Gasteiger charge is -2.28. The van der Waals surface area contributed by atoms with E-state index < -0.39 is 5.91 Å². The van der Waals surface area contributed by atoms with Crippen LogP contribution >= 0.6 is 0 Å². The van der Waals surface area contributed by atoms with Crippen LogP contribution in [0.4, 0.5) is 5.82 Å². The van der Waals surface area contributed by atoms with E-state index in [2.05, 4.69) is 25.2 Å². The predicted molar refractivity (Wildman–Crippen MR) is 111 cm³/mol. The fraction of sp³-hybridized carbons (Fsp3) is 0.400. The van der Waals surface area contributed by atoms with Crippen molar-refractivity contribution in [2.24, 2.45) is 10.7 Å². The Labute approximate surface area is 170 Å². The molecular weight excluding hydrogens is 372 g/mol. The normalized spacial score (nSPS) is 14.3. The summed E-state index contributed by atoms with van der Waals surface area (Å²) in [6.07, 6.45) is 1.69. The second-order valence-corrected chi connectivity index (χ2v) is 6.52. The van der Waals surface area contributed by atoms with Gasteiger partial charge in [-0.15, -0.1) is 0 Å². The number of likely N-dealkylation sites (N-methyl/N-ethyl adjacent to an activating group) is 1. The summed E-state index contributed by atoms with van der Waals surface area (Å²) in [5.74, 6) is 0.338. The average Bonchev–Trinajstić information content (AvgIpc) is 2.75. The molecule has 0 bridgehead atoms. The second kappa shape index (κ2) is 10.5. The van der Waals surface area contributed by atoms with Crippen LogP contribution in [0.2, 0.25) is 0 Å². The first kappa shape index (κ1) is 20.7. The molecule has 9 nitrogen and oxygen atoms in total. The number of anilines is 1. The molecule has 2 aromatic rings. The largest absolute Gasteiger partial charge is 0.462 e. The number of benzene rings is 1. The van der Waals surface area contributed by atoms with Crippen LogP contribution in [-0.2, 0) is 11.3 Å². The van der Waals surface area contributed by atoms with E-state index >= 15 is 0 Å². The Morgan fingerprint density at radius 2 is 2.17 bits per heavy atom. The molecule has 0 radical (unpaired) electrons. The van der Waals surface area contributed by atoms with Gasteiger partial charge < -0.3 is 25.4 Å². The van der Waals surface area contributed by atoms with Crippen LogP contribution in [0.1, 0.15) is 21.6 Å². The molecule has 1 aliphatic heterocycles. The molecule has 1 aromatic heterocycles. The van der Waals surface area contributed by atoms with Gasteiger partial charge in [0.2, 0.25) is 5.91 Å². The van der Waals surface area contributed by atoms with Crippen molar-refractivity contribution in [3.8, 4) is 6.01 Å². The van der Waals surface area contributed by atoms with Crippen molar-refractivity contribution >= 4 is 17.9 Å². The molecule has 1 aromatic carbocycles. The molecule has 3 N–H and O–H groups in total. The third-order valence-corrected chi connectivity index (χ3v) is 4.34. The van der Waals surface area contributed by atoms with Gasteiger partial charge in [-0.2, -0.15) is 9.97 Å². The topological polar surface area (TPSA) is 115 Å². The molecule has 3 rings (SSSR count). The number of primary amides is 1. The van der Waals surface area contributed by atoms with E-state index in [-0.39, 0.29) is 0 Å². The van der Waals surface area contributed by atoms with E-state index in [0.29, 0.717) is 50.2 Å². The van der Waals surface area contributed by atoms with Crippen LogP contribution in [0, 0.1) is 0 Å². The Balaban J connectivity index is 1.75. The third-order valence-electron chi connectivity index (χ3n) is 4.34. The van der Waals surface area contributed by atoms with Gasteiger partial charge in [-0.1, -0.05) is 12.1 Å². The van der Waals surface area contributed by atoms with E-state index in [1.54, 1.807) is 24.4 Å². The Morgan fingerprint density at radius 1 is 1.34 bits per heavy atom. The van der Waals surface area contributed by atoms with E-state index in [0.717, 1.165) is 24.5 Å². The maximum atomic E-state index is 11.3. The second-order valence-electron chi connectivity index (χ2n) is 6.52. The molecule has 1 aliphatic rings. The number of carbonyl (C=O) groups is 1. The standard InChI is InChI=1S/C20H26N6O3/c1-22-5-8-29-20-24-17(12-18(25-20)26-6-9-28-10-7-26)14-23-13-15-3-2-4-16(11-15)19(21)27/h2-4,11-12,14,22H,5-10,13H2,1H3,(H2,21,27). The van der Waals surface area contributed by atoms with Gasteiger partial charge in [0.05, 0.1) is 25.5 Å². The van der Waals surface area contributed by atoms with Crippen molar-refractivity contribution in [1.82, 2.24) is 15.3 Å². The number of aromatic nitrogens is 2. The quantitative estimate of drug-likeness (QED) is 0.470. The zero-order valence-corrected chi connectivity index (χ0v) is 16.5.